The van der Waals surface area contributed by atoms with E-state index in [1.165, 1.54) is 21.5 Å². The van der Waals surface area contributed by atoms with E-state index in [1.54, 1.807) is 0 Å². The molecule has 0 amide bonds. The normalized spacial score (nSPS) is 12.0. The van der Waals surface area contributed by atoms with Crippen molar-refractivity contribution >= 4 is 93.5 Å². The topological polar surface area (TPSA) is 34.5 Å². The number of hydrogen-bond acceptors (Lipinski definition) is 3. The number of fused-ring (bicyclic) bond motifs is 11. The van der Waals surface area contributed by atoms with Crippen LogP contribution in [0.15, 0.2) is 179 Å². The van der Waals surface area contributed by atoms with Crippen LogP contribution >= 0.6 is 0 Å². The fraction of sp³-hybridized carbons (Fsp3) is 0. The highest BCUT2D eigenvalue weighted by molar-refractivity contribution is 6.22. The van der Waals surface area contributed by atoms with Crippen LogP contribution in [0.25, 0.3) is 82.1 Å². The lowest BCUT2D eigenvalue weighted by molar-refractivity contribution is 0.668. The third-order valence-corrected chi connectivity index (χ3v) is 10.2. The Morgan fingerprint density at radius 1 is 0.380 bits per heavy atom. The van der Waals surface area contributed by atoms with Gasteiger partial charge in [0.25, 0.3) is 0 Å². The first-order valence-electron chi connectivity index (χ1n) is 16.9. The summed E-state index contributed by atoms with van der Waals surface area (Å²) < 4.78 is 15.3. The minimum Gasteiger partial charge on any atom is -0.456 e. The molecule has 0 aliphatic rings. The Hall–Kier alpha value is -6.78. The van der Waals surface area contributed by atoms with E-state index in [0.29, 0.717) is 0 Å². The van der Waals surface area contributed by atoms with Crippen LogP contribution in [-0.4, -0.2) is 4.57 Å². The summed E-state index contributed by atoms with van der Waals surface area (Å²) in [6, 6.07) is 60.1. The summed E-state index contributed by atoms with van der Waals surface area (Å²) >= 11 is 0. The van der Waals surface area contributed by atoms with Gasteiger partial charge in [0.05, 0.1) is 27.8 Å². The van der Waals surface area contributed by atoms with Gasteiger partial charge in [0.2, 0.25) is 0 Å². The molecule has 0 fully saturated rings. The Morgan fingerprint density at radius 3 is 1.88 bits per heavy atom. The summed E-state index contributed by atoms with van der Waals surface area (Å²) in [4.78, 5) is 2.41. The van der Waals surface area contributed by atoms with Gasteiger partial charge in [-0.05, 0) is 83.6 Å². The molecular formula is C46H28N2O2. The summed E-state index contributed by atoms with van der Waals surface area (Å²) in [6.07, 6.45) is 0. The maximum absolute atomic E-state index is 6.47. The zero-order valence-electron chi connectivity index (χ0n) is 26.9. The lowest BCUT2D eigenvalue weighted by atomic mass is 10.0. The second-order valence-corrected chi connectivity index (χ2v) is 12.9. The van der Waals surface area contributed by atoms with Crippen molar-refractivity contribution in [3.63, 3.8) is 0 Å². The maximum atomic E-state index is 6.47. The Labute approximate surface area is 286 Å². The molecular weight excluding hydrogens is 613 g/mol. The van der Waals surface area contributed by atoms with E-state index >= 15 is 0 Å². The molecule has 0 bridgehead atoms. The average molecular weight is 641 g/mol. The van der Waals surface area contributed by atoms with Crippen molar-refractivity contribution in [1.29, 1.82) is 0 Å². The van der Waals surface area contributed by atoms with Crippen LogP contribution in [0.2, 0.25) is 0 Å². The largest absolute Gasteiger partial charge is 0.456 e. The van der Waals surface area contributed by atoms with E-state index in [2.05, 4.69) is 167 Å². The number of benzene rings is 8. The third-order valence-electron chi connectivity index (χ3n) is 10.2. The van der Waals surface area contributed by atoms with Gasteiger partial charge in [-0.1, -0.05) is 97.1 Å². The molecule has 0 radical (unpaired) electrons. The molecule has 4 heteroatoms. The van der Waals surface area contributed by atoms with Gasteiger partial charge in [-0.25, -0.2) is 0 Å². The minimum absolute atomic E-state index is 0.855. The molecule has 0 saturated heterocycles. The van der Waals surface area contributed by atoms with E-state index in [4.69, 9.17) is 8.83 Å². The van der Waals surface area contributed by atoms with E-state index in [1.807, 2.05) is 12.1 Å². The van der Waals surface area contributed by atoms with Crippen molar-refractivity contribution in [2.45, 2.75) is 0 Å². The Balaban J connectivity index is 1.28. The van der Waals surface area contributed by atoms with E-state index in [9.17, 15) is 0 Å². The number of anilines is 3. The van der Waals surface area contributed by atoms with Gasteiger partial charge >= 0.3 is 0 Å². The van der Waals surface area contributed by atoms with E-state index in [0.717, 1.165) is 77.7 Å². The first-order valence-corrected chi connectivity index (χ1v) is 16.9. The van der Waals surface area contributed by atoms with Crippen molar-refractivity contribution in [2.75, 3.05) is 4.90 Å². The van der Waals surface area contributed by atoms with Gasteiger partial charge in [-0.15, -0.1) is 0 Å². The summed E-state index contributed by atoms with van der Waals surface area (Å²) in [7, 11) is 0. The van der Waals surface area contributed by atoms with Gasteiger partial charge in [0.1, 0.15) is 22.3 Å². The molecule has 0 aliphatic heterocycles. The van der Waals surface area contributed by atoms with Crippen LogP contribution in [0.3, 0.4) is 0 Å². The molecule has 4 nitrogen and oxygen atoms in total. The monoisotopic (exact) mass is 640 g/mol. The molecule has 0 unspecified atom stereocenters. The predicted octanol–water partition coefficient (Wildman–Crippen LogP) is 13.2. The number of furan rings is 2. The first kappa shape index (κ1) is 27.2. The molecule has 0 N–H and O–H groups in total. The van der Waals surface area contributed by atoms with Crippen molar-refractivity contribution in [2.24, 2.45) is 0 Å². The van der Waals surface area contributed by atoms with Crippen molar-refractivity contribution in [1.82, 2.24) is 4.57 Å². The van der Waals surface area contributed by atoms with Crippen LogP contribution in [0.1, 0.15) is 0 Å². The second-order valence-electron chi connectivity index (χ2n) is 12.9. The molecule has 3 aromatic heterocycles. The van der Waals surface area contributed by atoms with Crippen molar-refractivity contribution < 1.29 is 8.83 Å². The van der Waals surface area contributed by atoms with E-state index < -0.39 is 0 Å². The standard InChI is InChI=1S/C46H28N2O2/c1-2-13-30(14-3-1)47-36-18-8-6-16-33(36)45-37(47)19-10-20-38(45)48(39-21-11-23-42-46(39)34-17-7-9-22-40(34)49-42)31-25-27-41-35(28-31)44-32-15-5-4-12-29(32)24-26-43(44)50-41/h1-28H. The first-order chi connectivity index (χ1) is 24.8. The fourth-order valence-corrected chi connectivity index (χ4v) is 8.07. The van der Waals surface area contributed by atoms with Crippen molar-refractivity contribution in [3.8, 4) is 5.69 Å². The lowest BCUT2D eigenvalue weighted by Gasteiger charge is -2.27. The number of rotatable bonds is 4. The Morgan fingerprint density at radius 2 is 1.00 bits per heavy atom. The van der Waals surface area contributed by atoms with Gasteiger partial charge in [0, 0.05) is 38.3 Å². The Kier molecular flexibility index (Phi) is 5.63. The minimum atomic E-state index is 0.855. The maximum Gasteiger partial charge on any atom is 0.137 e. The number of hydrogen-bond donors (Lipinski definition) is 0. The molecule has 50 heavy (non-hydrogen) atoms. The van der Waals surface area contributed by atoms with Crippen molar-refractivity contribution in [3.05, 3.63) is 170 Å². The number of para-hydroxylation sites is 3. The predicted molar refractivity (Wildman–Crippen MR) is 208 cm³/mol. The molecule has 0 aliphatic carbocycles. The summed E-state index contributed by atoms with van der Waals surface area (Å²) in [6.45, 7) is 0. The summed E-state index contributed by atoms with van der Waals surface area (Å²) in [5, 5.41) is 9.13. The molecule has 0 saturated carbocycles. The number of aromatic nitrogens is 1. The zero-order chi connectivity index (χ0) is 32.8. The molecule has 8 aromatic carbocycles. The van der Waals surface area contributed by atoms with Gasteiger partial charge in [0.15, 0.2) is 0 Å². The highest BCUT2D eigenvalue weighted by atomic mass is 16.3. The average Bonchev–Trinajstić information content (AvgIpc) is 3.85. The molecule has 0 atom stereocenters. The smallest absolute Gasteiger partial charge is 0.137 e. The second kappa shape index (κ2) is 10.4. The molecule has 0 spiro atoms. The summed E-state index contributed by atoms with van der Waals surface area (Å²) in [5.41, 5.74) is 10.1. The molecule has 3 heterocycles. The zero-order valence-corrected chi connectivity index (χ0v) is 26.9. The SMILES string of the molecule is c1ccc(-n2c3ccccc3c3c(N(c4ccc5oc6ccc7ccccc7c6c5c4)c4cccc5oc6ccccc6c45)cccc32)cc1. The summed E-state index contributed by atoms with van der Waals surface area (Å²) in [5.74, 6) is 0. The van der Waals surface area contributed by atoms with Gasteiger partial charge < -0.3 is 18.3 Å². The highest BCUT2D eigenvalue weighted by Gasteiger charge is 2.24. The Bertz CT molecular complexity index is 3110. The quantitative estimate of drug-likeness (QED) is 0.192. The fourth-order valence-electron chi connectivity index (χ4n) is 8.07. The van der Waals surface area contributed by atoms with Crippen LogP contribution in [0.4, 0.5) is 17.1 Å². The molecule has 234 valence electrons. The number of nitrogens with zero attached hydrogens (tertiary/aromatic N) is 2. The molecule has 11 aromatic rings. The molecule has 11 rings (SSSR count). The van der Waals surface area contributed by atoms with Crippen LogP contribution in [0.5, 0.6) is 0 Å². The lowest BCUT2D eigenvalue weighted by Crippen LogP contribution is -2.11. The highest BCUT2D eigenvalue weighted by Crippen LogP contribution is 2.48. The van der Waals surface area contributed by atoms with E-state index in [-0.39, 0.29) is 0 Å². The van der Waals surface area contributed by atoms with Gasteiger partial charge in [-0.2, -0.15) is 0 Å². The third kappa shape index (κ3) is 3.81. The van der Waals surface area contributed by atoms with Gasteiger partial charge in [-0.3, -0.25) is 0 Å². The van der Waals surface area contributed by atoms with Crippen LogP contribution in [0, 0.1) is 0 Å². The van der Waals surface area contributed by atoms with Crippen LogP contribution < -0.4 is 4.90 Å². The van der Waals surface area contributed by atoms with Crippen LogP contribution in [-0.2, 0) is 0 Å².